The predicted molar refractivity (Wildman–Crippen MR) is 47.8 cm³/mol. The van der Waals surface area contributed by atoms with Crippen molar-refractivity contribution in [2.45, 2.75) is 19.4 Å². The molecule has 74 valence electrons. The lowest BCUT2D eigenvalue weighted by Gasteiger charge is -2.13. The van der Waals surface area contributed by atoms with Crippen molar-refractivity contribution >= 4 is 11.8 Å². The molecule has 0 aromatic heterocycles. The summed E-state index contributed by atoms with van der Waals surface area (Å²) in [5.74, 6) is -0.273. The maximum atomic E-state index is 11.3. The number of hydrogen-bond acceptors (Lipinski definition) is 3. The van der Waals surface area contributed by atoms with Gasteiger partial charge in [-0.15, -0.1) is 0 Å². The third-order valence-corrected chi connectivity index (χ3v) is 2.12. The largest absolute Gasteiger partial charge is 0.354 e. The summed E-state index contributed by atoms with van der Waals surface area (Å²) >= 11 is 0. The Morgan fingerprint density at radius 1 is 1.85 bits per heavy atom. The van der Waals surface area contributed by atoms with Crippen LogP contribution in [-0.2, 0) is 9.59 Å². The van der Waals surface area contributed by atoms with Crippen LogP contribution >= 0.6 is 0 Å². The van der Waals surface area contributed by atoms with Crippen molar-refractivity contribution < 1.29 is 9.59 Å². The summed E-state index contributed by atoms with van der Waals surface area (Å²) in [4.78, 5) is 22.1. The number of nitrogens with one attached hydrogen (secondary N) is 2. The zero-order chi connectivity index (χ0) is 9.84. The fraction of sp³-hybridized carbons (Fsp3) is 0.750. The third kappa shape index (κ3) is 2.69. The molecular weight excluding hydrogens is 170 g/mol. The molecule has 5 heteroatoms. The van der Waals surface area contributed by atoms with Crippen LogP contribution < -0.4 is 16.4 Å². The van der Waals surface area contributed by atoms with Gasteiger partial charge in [-0.3, -0.25) is 9.59 Å². The Morgan fingerprint density at radius 2 is 2.54 bits per heavy atom. The van der Waals surface area contributed by atoms with Crippen molar-refractivity contribution in [1.29, 1.82) is 0 Å². The maximum Gasteiger partial charge on any atom is 0.224 e. The zero-order valence-corrected chi connectivity index (χ0v) is 7.67. The van der Waals surface area contributed by atoms with E-state index in [-0.39, 0.29) is 23.8 Å². The average molecular weight is 185 g/mol. The van der Waals surface area contributed by atoms with Gasteiger partial charge in [-0.05, 0) is 0 Å². The molecule has 4 N–H and O–H groups in total. The molecule has 0 saturated carbocycles. The van der Waals surface area contributed by atoms with Crippen molar-refractivity contribution in [3.63, 3.8) is 0 Å². The standard InChI is InChI=1S/C8H15N3O2/c1-5(3-9)8(13)11-6-2-7(12)10-4-6/h5-6H,2-4,9H2,1H3,(H,10,12)(H,11,13). The van der Waals surface area contributed by atoms with E-state index in [0.29, 0.717) is 19.5 Å². The van der Waals surface area contributed by atoms with E-state index in [2.05, 4.69) is 10.6 Å². The summed E-state index contributed by atoms with van der Waals surface area (Å²) in [6.07, 6.45) is 0.378. The molecule has 0 aromatic rings. The summed E-state index contributed by atoms with van der Waals surface area (Å²) in [5, 5.41) is 5.40. The van der Waals surface area contributed by atoms with Crippen molar-refractivity contribution in [3.05, 3.63) is 0 Å². The molecule has 2 unspecified atom stereocenters. The Labute approximate surface area is 77.1 Å². The Bertz CT molecular complexity index is 217. The number of amides is 2. The van der Waals surface area contributed by atoms with E-state index in [1.54, 1.807) is 6.92 Å². The van der Waals surface area contributed by atoms with E-state index in [0.717, 1.165) is 0 Å². The number of carbonyl (C=O) groups excluding carboxylic acids is 2. The molecule has 1 fully saturated rings. The predicted octanol–water partition coefficient (Wildman–Crippen LogP) is -1.41. The first kappa shape index (κ1) is 9.98. The number of carbonyl (C=O) groups is 2. The molecule has 1 aliphatic rings. The molecule has 5 nitrogen and oxygen atoms in total. The number of nitrogens with two attached hydrogens (primary N) is 1. The van der Waals surface area contributed by atoms with Crippen LogP contribution in [0.15, 0.2) is 0 Å². The van der Waals surface area contributed by atoms with E-state index in [4.69, 9.17) is 5.73 Å². The second-order valence-corrected chi connectivity index (χ2v) is 3.35. The van der Waals surface area contributed by atoms with Gasteiger partial charge in [-0.1, -0.05) is 6.92 Å². The van der Waals surface area contributed by atoms with E-state index in [1.165, 1.54) is 0 Å². The van der Waals surface area contributed by atoms with Gasteiger partial charge >= 0.3 is 0 Å². The minimum absolute atomic E-state index is 0.00861. The van der Waals surface area contributed by atoms with Gasteiger partial charge in [-0.2, -0.15) is 0 Å². The summed E-state index contributed by atoms with van der Waals surface area (Å²) in [6.45, 7) is 2.63. The Morgan fingerprint density at radius 3 is 3.00 bits per heavy atom. The maximum absolute atomic E-state index is 11.3. The van der Waals surface area contributed by atoms with Crippen LogP contribution in [0.1, 0.15) is 13.3 Å². The Kier molecular flexibility index (Phi) is 3.25. The summed E-state index contributed by atoms with van der Waals surface area (Å²) < 4.78 is 0. The number of rotatable bonds is 3. The second-order valence-electron chi connectivity index (χ2n) is 3.35. The molecule has 2 atom stereocenters. The highest BCUT2D eigenvalue weighted by atomic mass is 16.2. The van der Waals surface area contributed by atoms with Gasteiger partial charge in [0.25, 0.3) is 0 Å². The average Bonchev–Trinajstić information content (AvgIpc) is 2.49. The van der Waals surface area contributed by atoms with Gasteiger partial charge < -0.3 is 16.4 Å². The monoisotopic (exact) mass is 185 g/mol. The van der Waals surface area contributed by atoms with Crippen LogP contribution in [0.25, 0.3) is 0 Å². The molecule has 1 aliphatic heterocycles. The highest BCUT2D eigenvalue weighted by Gasteiger charge is 2.24. The molecule has 1 heterocycles. The van der Waals surface area contributed by atoms with Crippen molar-refractivity contribution in [1.82, 2.24) is 10.6 Å². The fourth-order valence-corrected chi connectivity index (χ4v) is 1.16. The minimum Gasteiger partial charge on any atom is -0.354 e. The Balaban J connectivity index is 2.32. The molecule has 0 radical (unpaired) electrons. The van der Waals surface area contributed by atoms with E-state index in [1.807, 2.05) is 0 Å². The van der Waals surface area contributed by atoms with E-state index >= 15 is 0 Å². The van der Waals surface area contributed by atoms with Crippen LogP contribution in [0.5, 0.6) is 0 Å². The van der Waals surface area contributed by atoms with Gasteiger partial charge in [0.05, 0.1) is 6.04 Å². The normalized spacial score (nSPS) is 23.8. The SMILES string of the molecule is CC(CN)C(=O)NC1CNC(=O)C1. The lowest BCUT2D eigenvalue weighted by molar-refractivity contribution is -0.124. The first-order valence-electron chi connectivity index (χ1n) is 4.40. The van der Waals surface area contributed by atoms with E-state index in [9.17, 15) is 9.59 Å². The summed E-state index contributed by atoms with van der Waals surface area (Å²) in [5.41, 5.74) is 5.33. The smallest absolute Gasteiger partial charge is 0.224 e. The first-order chi connectivity index (χ1) is 6.13. The van der Waals surface area contributed by atoms with Crippen LogP contribution in [0.4, 0.5) is 0 Å². The molecular formula is C8H15N3O2. The molecule has 1 saturated heterocycles. The van der Waals surface area contributed by atoms with Crippen LogP contribution in [0.2, 0.25) is 0 Å². The lowest BCUT2D eigenvalue weighted by atomic mass is 10.1. The third-order valence-electron chi connectivity index (χ3n) is 2.12. The molecule has 2 amide bonds. The number of hydrogen-bond donors (Lipinski definition) is 3. The van der Waals surface area contributed by atoms with Gasteiger partial charge in [-0.25, -0.2) is 0 Å². The van der Waals surface area contributed by atoms with Crippen molar-refractivity contribution in [2.24, 2.45) is 11.7 Å². The lowest BCUT2D eigenvalue weighted by Crippen LogP contribution is -2.41. The van der Waals surface area contributed by atoms with E-state index < -0.39 is 0 Å². The van der Waals surface area contributed by atoms with Crippen LogP contribution in [0.3, 0.4) is 0 Å². The zero-order valence-electron chi connectivity index (χ0n) is 7.67. The highest BCUT2D eigenvalue weighted by molar-refractivity contribution is 5.82. The van der Waals surface area contributed by atoms with Crippen LogP contribution in [0, 0.1) is 5.92 Å². The fourth-order valence-electron chi connectivity index (χ4n) is 1.16. The van der Waals surface area contributed by atoms with Gasteiger partial charge in [0, 0.05) is 25.4 Å². The van der Waals surface area contributed by atoms with Crippen molar-refractivity contribution in [2.75, 3.05) is 13.1 Å². The molecule has 1 rings (SSSR count). The highest BCUT2D eigenvalue weighted by Crippen LogP contribution is 2.01. The Hall–Kier alpha value is -1.10. The van der Waals surface area contributed by atoms with Gasteiger partial charge in [0.2, 0.25) is 11.8 Å². The topological polar surface area (TPSA) is 84.2 Å². The first-order valence-corrected chi connectivity index (χ1v) is 4.40. The molecule has 0 aliphatic carbocycles. The van der Waals surface area contributed by atoms with Crippen molar-refractivity contribution in [3.8, 4) is 0 Å². The quantitative estimate of drug-likeness (QED) is 0.505. The minimum atomic E-state index is -0.185. The van der Waals surface area contributed by atoms with Gasteiger partial charge in [0.15, 0.2) is 0 Å². The summed E-state index contributed by atoms with van der Waals surface area (Å²) in [7, 11) is 0. The molecule has 0 spiro atoms. The second kappa shape index (κ2) is 4.23. The summed E-state index contributed by atoms with van der Waals surface area (Å²) in [6, 6.07) is -0.0611. The molecule has 13 heavy (non-hydrogen) atoms. The van der Waals surface area contributed by atoms with Crippen LogP contribution in [-0.4, -0.2) is 30.9 Å². The molecule has 0 aromatic carbocycles. The molecule has 0 bridgehead atoms. The van der Waals surface area contributed by atoms with Gasteiger partial charge in [0.1, 0.15) is 0 Å².